The van der Waals surface area contributed by atoms with E-state index >= 15 is 0 Å². The summed E-state index contributed by atoms with van der Waals surface area (Å²) >= 11 is 3.48. The monoisotopic (exact) mass is 505 g/mol. The second kappa shape index (κ2) is 10.0. The Labute approximate surface area is 201 Å². The van der Waals surface area contributed by atoms with Gasteiger partial charge in [-0.2, -0.15) is 0 Å². The molecule has 1 unspecified atom stereocenters. The summed E-state index contributed by atoms with van der Waals surface area (Å²) in [6.45, 7) is 2.87. The van der Waals surface area contributed by atoms with E-state index in [1.54, 1.807) is 24.3 Å². The number of likely N-dealkylation sites (tertiary alicyclic amines) is 1. The maximum Gasteiger partial charge on any atom is 0.295 e. The number of carbonyl (C=O) groups excluding carboxylic acids is 2. The van der Waals surface area contributed by atoms with Crippen LogP contribution in [0.5, 0.6) is 5.75 Å². The molecule has 6 heteroatoms. The molecule has 1 N–H and O–H groups in total. The van der Waals surface area contributed by atoms with Gasteiger partial charge in [-0.15, -0.1) is 0 Å². The molecule has 1 aliphatic heterocycles. The molecule has 1 atom stereocenters. The van der Waals surface area contributed by atoms with Crippen LogP contribution in [-0.2, 0) is 16.1 Å². The Balaban J connectivity index is 1.79. The molecule has 1 heterocycles. The van der Waals surface area contributed by atoms with E-state index in [0.717, 1.165) is 22.0 Å². The van der Waals surface area contributed by atoms with Gasteiger partial charge < -0.3 is 14.7 Å². The number of ketones is 1. The number of hydrogen-bond acceptors (Lipinski definition) is 4. The van der Waals surface area contributed by atoms with Gasteiger partial charge in [-0.3, -0.25) is 9.59 Å². The molecular formula is C27H24BrNO4. The molecular weight excluding hydrogens is 482 g/mol. The fourth-order valence-corrected chi connectivity index (χ4v) is 4.35. The summed E-state index contributed by atoms with van der Waals surface area (Å²) < 4.78 is 6.43. The lowest BCUT2D eigenvalue weighted by atomic mass is 9.95. The highest BCUT2D eigenvalue weighted by atomic mass is 79.9. The van der Waals surface area contributed by atoms with Gasteiger partial charge in [0.05, 0.1) is 18.2 Å². The van der Waals surface area contributed by atoms with E-state index in [4.69, 9.17) is 4.74 Å². The van der Waals surface area contributed by atoms with Crippen LogP contribution in [0.4, 0.5) is 0 Å². The Morgan fingerprint density at radius 3 is 2.39 bits per heavy atom. The summed E-state index contributed by atoms with van der Waals surface area (Å²) in [5, 5.41) is 11.2. The zero-order chi connectivity index (χ0) is 23.4. The Kier molecular flexibility index (Phi) is 6.94. The third-order valence-corrected chi connectivity index (χ3v) is 5.99. The highest BCUT2D eigenvalue weighted by molar-refractivity contribution is 9.10. The average Bonchev–Trinajstić information content (AvgIpc) is 3.08. The van der Waals surface area contributed by atoms with Crippen LogP contribution in [0.15, 0.2) is 88.9 Å². The minimum atomic E-state index is -0.710. The molecule has 0 aliphatic carbocycles. The molecule has 168 valence electrons. The Hall–Kier alpha value is -3.38. The summed E-state index contributed by atoms with van der Waals surface area (Å²) in [6.07, 6.45) is 0.888. The van der Waals surface area contributed by atoms with Crippen molar-refractivity contribution in [2.24, 2.45) is 0 Å². The molecule has 1 amide bonds. The number of rotatable bonds is 7. The SMILES string of the molecule is CCCOc1ccc(C(O)=C2C(=O)C(=O)N(Cc3ccccc3)C2c2cccc(Br)c2)cc1. The van der Waals surface area contributed by atoms with E-state index < -0.39 is 17.7 Å². The molecule has 3 aromatic carbocycles. The fraction of sp³-hybridized carbons (Fsp3) is 0.185. The summed E-state index contributed by atoms with van der Waals surface area (Å²) in [6, 6.07) is 23.1. The zero-order valence-corrected chi connectivity index (χ0v) is 19.8. The van der Waals surface area contributed by atoms with E-state index in [0.29, 0.717) is 17.9 Å². The lowest BCUT2D eigenvalue weighted by molar-refractivity contribution is -0.140. The van der Waals surface area contributed by atoms with Gasteiger partial charge in [0.25, 0.3) is 11.7 Å². The predicted octanol–water partition coefficient (Wildman–Crippen LogP) is 5.86. The number of halogens is 1. The highest BCUT2D eigenvalue weighted by Crippen LogP contribution is 2.41. The van der Waals surface area contributed by atoms with Crippen LogP contribution in [0, 0.1) is 0 Å². The van der Waals surface area contributed by atoms with Crippen LogP contribution in [-0.4, -0.2) is 28.3 Å². The molecule has 0 radical (unpaired) electrons. The number of amides is 1. The fourth-order valence-electron chi connectivity index (χ4n) is 3.93. The maximum absolute atomic E-state index is 13.2. The Morgan fingerprint density at radius 1 is 1.00 bits per heavy atom. The van der Waals surface area contributed by atoms with Gasteiger partial charge >= 0.3 is 0 Å². The second-order valence-electron chi connectivity index (χ2n) is 7.84. The second-order valence-corrected chi connectivity index (χ2v) is 8.76. The van der Waals surface area contributed by atoms with Crippen LogP contribution in [0.3, 0.4) is 0 Å². The van der Waals surface area contributed by atoms with Crippen molar-refractivity contribution in [2.75, 3.05) is 6.61 Å². The Morgan fingerprint density at radius 2 is 1.73 bits per heavy atom. The number of carbonyl (C=O) groups is 2. The topological polar surface area (TPSA) is 66.8 Å². The highest BCUT2D eigenvalue weighted by Gasteiger charge is 2.46. The quantitative estimate of drug-likeness (QED) is 0.248. The maximum atomic E-state index is 13.2. The molecule has 33 heavy (non-hydrogen) atoms. The van der Waals surface area contributed by atoms with Gasteiger partial charge in [0.1, 0.15) is 11.5 Å². The van der Waals surface area contributed by atoms with Gasteiger partial charge in [0, 0.05) is 16.6 Å². The molecule has 1 aliphatic rings. The lowest BCUT2D eigenvalue weighted by Crippen LogP contribution is -2.29. The van der Waals surface area contributed by atoms with E-state index in [2.05, 4.69) is 15.9 Å². The number of aliphatic hydroxyl groups excluding tert-OH is 1. The van der Waals surface area contributed by atoms with Crippen molar-refractivity contribution in [3.63, 3.8) is 0 Å². The number of ether oxygens (including phenoxy) is 1. The van der Waals surface area contributed by atoms with Crippen molar-refractivity contribution in [1.82, 2.24) is 4.90 Å². The van der Waals surface area contributed by atoms with Gasteiger partial charge in [-0.1, -0.05) is 65.3 Å². The van der Waals surface area contributed by atoms with Gasteiger partial charge in [0.2, 0.25) is 0 Å². The van der Waals surface area contributed by atoms with Crippen LogP contribution >= 0.6 is 15.9 Å². The van der Waals surface area contributed by atoms with E-state index in [1.165, 1.54) is 4.90 Å². The van der Waals surface area contributed by atoms with E-state index in [1.807, 2.05) is 61.5 Å². The first-order valence-electron chi connectivity index (χ1n) is 10.8. The van der Waals surface area contributed by atoms with Crippen molar-refractivity contribution in [1.29, 1.82) is 0 Å². The van der Waals surface area contributed by atoms with E-state index in [-0.39, 0.29) is 17.9 Å². The number of nitrogens with zero attached hydrogens (tertiary/aromatic N) is 1. The summed E-state index contributed by atoms with van der Waals surface area (Å²) in [4.78, 5) is 27.8. The first-order valence-corrected chi connectivity index (χ1v) is 11.6. The summed E-state index contributed by atoms with van der Waals surface area (Å²) in [7, 11) is 0. The smallest absolute Gasteiger partial charge is 0.295 e. The van der Waals surface area contributed by atoms with Crippen LogP contribution < -0.4 is 4.74 Å². The van der Waals surface area contributed by atoms with Crippen LogP contribution in [0.2, 0.25) is 0 Å². The van der Waals surface area contributed by atoms with Gasteiger partial charge in [-0.25, -0.2) is 0 Å². The van der Waals surface area contributed by atoms with Crippen LogP contribution in [0.1, 0.15) is 36.1 Å². The van der Waals surface area contributed by atoms with Gasteiger partial charge in [-0.05, 0) is 53.9 Å². The zero-order valence-electron chi connectivity index (χ0n) is 18.2. The third-order valence-electron chi connectivity index (χ3n) is 5.50. The van der Waals surface area contributed by atoms with Crippen molar-refractivity contribution in [2.45, 2.75) is 25.9 Å². The minimum Gasteiger partial charge on any atom is -0.507 e. The van der Waals surface area contributed by atoms with Crippen LogP contribution in [0.25, 0.3) is 5.76 Å². The minimum absolute atomic E-state index is 0.0799. The van der Waals surface area contributed by atoms with Crippen molar-refractivity contribution in [3.8, 4) is 5.75 Å². The molecule has 4 rings (SSSR count). The average molecular weight is 506 g/mol. The Bertz CT molecular complexity index is 1190. The van der Waals surface area contributed by atoms with Crippen molar-refractivity contribution >= 4 is 33.4 Å². The van der Waals surface area contributed by atoms with Crippen molar-refractivity contribution in [3.05, 3.63) is 106 Å². The van der Waals surface area contributed by atoms with Gasteiger partial charge in [0.15, 0.2) is 0 Å². The first kappa shape index (κ1) is 22.8. The van der Waals surface area contributed by atoms with E-state index in [9.17, 15) is 14.7 Å². The standard InChI is InChI=1S/C27H24BrNO4/c1-2-15-33-22-13-11-19(12-14-22)25(30)23-24(20-9-6-10-21(28)16-20)29(27(32)26(23)31)17-18-7-4-3-5-8-18/h3-14,16,24,30H,2,15,17H2,1H3. The summed E-state index contributed by atoms with van der Waals surface area (Å²) in [5.41, 5.74) is 2.17. The normalized spacial score (nSPS) is 17.4. The number of Topliss-reactive ketones (excluding diaryl/α,β-unsaturated/α-hetero) is 1. The molecule has 1 saturated heterocycles. The first-order chi connectivity index (χ1) is 16.0. The molecule has 5 nitrogen and oxygen atoms in total. The number of aliphatic hydroxyl groups is 1. The number of hydrogen-bond donors (Lipinski definition) is 1. The third kappa shape index (κ3) is 4.86. The largest absolute Gasteiger partial charge is 0.507 e. The molecule has 3 aromatic rings. The molecule has 1 fully saturated rings. The molecule has 0 spiro atoms. The molecule has 0 saturated carbocycles. The predicted molar refractivity (Wildman–Crippen MR) is 131 cm³/mol. The number of benzene rings is 3. The molecule has 0 bridgehead atoms. The summed E-state index contributed by atoms with van der Waals surface area (Å²) in [5.74, 6) is -0.842. The molecule has 0 aromatic heterocycles. The van der Waals surface area contributed by atoms with Crippen molar-refractivity contribution < 1.29 is 19.4 Å². The lowest BCUT2D eigenvalue weighted by Gasteiger charge is -2.25.